The van der Waals surface area contributed by atoms with Crippen LogP contribution in [0.2, 0.25) is 0 Å². The number of nitrogens with two attached hydrogens (primary N) is 1. The number of nitrogens with zero attached hydrogens (tertiary/aromatic N) is 2. The van der Waals surface area contributed by atoms with E-state index < -0.39 is 10.0 Å². The van der Waals surface area contributed by atoms with Gasteiger partial charge in [-0.25, -0.2) is 0 Å². The Balaban J connectivity index is 2.28. The van der Waals surface area contributed by atoms with Crippen LogP contribution >= 0.6 is 0 Å². The molecule has 0 amide bonds. The van der Waals surface area contributed by atoms with E-state index in [1.165, 1.54) is 16.9 Å². The van der Waals surface area contributed by atoms with E-state index in [0.717, 1.165) is 0 Å². The molecule has 0 aliphatic rings. The largest absolute Gasteiger partial charge is 0.320 e. The minimum atomic E-state index is -3.66. The number of rotatable bonds is 3. The fourth-order valence-corrected chi connectivity index (χ4v) is 2.82. The lowest BCUT2D eigenvalue weighted by molar-refractivity contribution is 0.582. The maximum atomic E-state index is 12.2. The molecule has 0 saturated carbocycles. The van der Waals surface area contributed by atoms with Crippen LogP contribution in [0.25, 0.3) is 0 Å². The number of hydrogen-bond acceptors (Lipinski definition) is 4. The highest BCUT2D eigenvalue weighted by Crippen LogP contribution is 2.16. The second-order valence-electron chi connectivity index (χ2n) is 3.99. The molecule has 0 atom stereocenters. The molecule has 0 radical (unpaired) electrons. The normalized spacial score (nSPS) is 10.7. The van der Waals surface area contributed by atoms with Crippen molar-refractivity contribution in [1.82, 2.24) is 9.78 Å². The molecule has 1 heterocycles. The van der Waals surface area contributed by atoms with Gasteiger partial charge in [0.1, 0.15) is 0 Å². The first-order valence-corrected chi connectivity index (χ1v) is 7.31. The average Bonchev–Trinajstić information content (AvgIpc) is 2.83. The topological polar surface area (TPSA) is 90.0 Å². The van der Waals surface area contributed by atoms with Gasteiger partial charge in [-0.3, -0.25) is 9.40 Å². The van der Waals surface area contributed by atoms with Gasteiger partial charge >= 0.3 is 0 Å². The standard InChI is InChI=1S/C13H14N4O2S/c1-17-13(7-9-15-17)20(18,19)16-12-6-2-4-11(10-12)5-3-8-14/h2,4,6-7,9-10,16H,8,14H2,1H3. The van der Waals surface area contributed by atoms with E-state index in [9.17, 15) is 8.42 Å². The molecule has 0 unspecified atom stereocenters. The summed E-state index contributed by atoms with van der Waals surface area (Å²) in [6.45, 7) is 0.255. The van der Waals surface area contributed by atoms with Gasteiger partial charge in [-0.15, -0.1) is 0 Å². The van der Waals surface area contributed by atoms with E-state index in [2.05, 4.69) is 21.7 Å². The summed E-state index contributed by atoms with van der Waals surface area (Å²) in [5, 5.41) is 3.94. The number of hydrogen-bond donors (Lipinski definition) is 2. The van der Waals surface area contributed by atoms with E-state index in [0.29, 0.717) is 11.3 Å². The quantitative estimate of drug-likeness (QED) is 0.807. The third-order valence-corrected chi connectivity index (χ3v) is 3.96. The Hall–Kier alpha value is -2.30. The Morgan fingerprint density at radius 1 is 1.40 bits per heavy atom. The first-order valence-electron chi connectivity index (χ1n) is 5.83. The van der Waals surface area contributed by atoms with Crippen molar-refractivity contribution in [3.63, 3.8) is 0 Å². The lowest BCUT2D eigenvalue weighted by Gasteiger charge is -2.08. The molecule has 2 rings (SSSR count). The fraction of sp³-hybridized carbons (Fsp3) is 0.154. The van der Waals surface area contributed by atoms with Crippen LogP contribution in [0.1, 0.15) is 5.56 Å². The number of benzene rings is 1. The number of aryl methyl sites for hydroxylation is 1. The van der Waals surface area contributed by atoms with Gasteiger partial charge in [-0.2, -0.15) is 13.5 Å². The van der Waals surface area contributed by atoms with Crippen molar-refractivity contribution >= 4 is 15.7 Å². The predicted molar refractivity (Wildman–Crippen MR) is 76.4 cm³/mol. The van der Waals surface area contributed by atoms with Gasteiger partial charge in [0.05, 0.1) is 18.4 Å². The molecule has 0 spiro atoms. The molecule has 0 aliphatic heterocycles. The Kier molecular flexibility index (Phi) is 4.08. The van der Waals surface area contributed by atoms with Crippen molar-refractivity contribution in [3.05, 3.63) is 42.1 Å². The van der Waals surface area contributed by atoms with Crippen LogP contribution in [-0.4, -0.2) is 24.7 Å². The van der Waals surface area contributed by atoms with Crippen LogP contribution in [0.15, 0.2) is 41.6 Å². The molecule has 6 nitrogen and oxygen atoms in total. The van der Waals surface area contributed by atoms with E-state index >= 15 is 0 Å². The fourth-order valence-electron chi connectivity index (χ4n) is 1.65. The molecular formula is C13H14N4O2S. The lowest BCUT2D eigenvalue weighted by Crippen LogP contribution is -2.16. The molecule has 0 aliphatic carbocycles. The maximum absolute atomic E-state index is 12.2. The highest BCUT2D eigenvalue weighted by Gasteiger charge is 2.17. The zero-order valence-electron chi connectivity index (χ0n) is 10.9. The van der Waals surface area contributed by atoms with Gasteiger partial charge < -0.3 is 5.73 Å². The third-order valence-electron chi connectivity index (χ3n) is 2.50. The van der Waals surface area contributed by atoms with Crippen LogP contribution in [0.5, 0.6) is 0 Å². The zero-order valence-corrected chi connectivity index (χ0v) is 11.7. The molecule has 2 aromatic rings. The van der Waals surface area contributed by atoms with Crippen molar-refractivity contribution in [2.75, 3.05) is 11.3 Å². The van der Waals surface area contributed by atoms with Crippen LogP contribution in [0, 0.1) is 11.8 Å². The van der Waals surface area contributed by atoms with E-state index in [-0.39, 0.29) is 11.6 Å². The average molecular weight is 290 g/mol. The van der Waals surface area contributed by atoms with Crippen LogP contribution in [0.4, 0.5) is 5.69 Å². The van der Waals surface area contributed by atoms with Crippen molar-refractivity contribution < 1.29 is 8.42 Å². The Labute approximate surface area is 117 Å². The number of nitrogens with one attached hydrogen (secondary N) is 1. The molecule has 7 heteroatoms. The Morgan fingerprint density at radius 2 is 2.20 bits per heavy atom. The monoisotopic (exact) mass is 290 g/mol. The summed E-state index contributed by atoms with van der Waals surface area (Å²) in [5.41, 5.74) is 6.44. The minimum Gasteiger partial charge on any atom is -0.320 e. The second-order valence-corrected chi connectivity index (χ2v) is 5.61. The Bertz CT molecular complexity index is 769. The molecule has 0 fully saturated rings. The van der Waals surface area contributed by atoms with Gasteiger partial charge in [-0.05, 0) is 24.3 Å². The summed E-state index contributed by atoms with van der Waals surface area (Å²) < 4.78 is 28.1. The van der Waals surface area contributed by atoms with E-state index in [1.54, 1.807) is 31.3 Å². The van der Waals surface area contributed by atoms with Gasteiger partial charge in [0.25, 0.3) is 10.0 Å². The summed E-state index contributed by atoms with van der Waals surface area (Å²) in [6, 6.07) is 8.24. The summed E-state index contributed by atoms with van der Waals surface area (Å²) in [7, 11) is -2.09. The highest BCUT2D eigenvalue weighted by atomic mass is 32.2. The summed E-state index contributed by atoms with van der Waals surface area (Å²) >= 11 is 0. The Morgan fingerprint density at radius 3 is 2.85 bits per heavy atom. The number of anilines is 1. The predicted octanol–water partition coefficient (Wildman–Crippen LogP) is 0.531. The van der Waals surface area contributed by atoms with Gasteiger partial charge in [-0.1, -0.05) is 17.9 Å². The molecule has 104 valence electrons. The number of aromatic nitrogens is 2. The van der Waals surface area contributed by atoms with Crippen molar-refractivity contribution in [3.8, 4) is 11.8 Å². The van der Waals surface area contributed by atoms with Crippen LogP contribution < -0.4 is 10.5 Å². The molecule has 0 saturated heterocycles. The molecule has 1 aromatic carbocycles. The molecule has 1 aromatic heterocycles. The summed E-state index contributed by atoms with van der Waals surface area (Å²) in [4.78, 5) is 0. The molecule has 20 heavy (non-hydrogen) atoms. The van der Waals surface area contributed by atoms with Crippen molar-refractivity contribution in [1.29, 1.82) is 0 Å². The lowest BCUT2D eigenvalue weighted by atomic mass is 10.2. The third kappa shape index (κ3) is 3.17. The van der Waals surface area contributed by atoms with Crippen LogP contribution in [0.3, 0.4) is 0 Å². The van der Waals surface area contributed by atoms with Crippen molar-refractivity contribution in [2.24, 2.45) is 12.8 Å². The first kappa shape index (κ1) is 14.1. The first-order chi connectivity index (χ1) is 9.53. The van der Waals surface area contributed by atoms with Gasteiger partial charge in [0, 0.05) is 12.6 Å². The summed E-state index contributed by atoms with van der Waals surface area (Å²) in [5.74, 6) is 5.57. The van der Waals surface area contributed by atoms with E-state index in [1.807, 2.05) is 0 Å². The molecule has 0 bridgehead atoms. The second kappa shape index (κ2) is 5.77. The molecule has 3 N–H and O–H groups in total. The van der Waals surface area contributed by atoms with Crippen molar-refractivity contribution in [2.45, 2.75) is 5.03 Å². The van der Waals surface area contributed by atoms with Crippen LogP contribution in [-0.2, 0) is 17.1 Å². The zero-order chi connectivity index (χ0) is 14.6. The maximum Gasteiger partial charge on any atom is 0.279 e. The highest BCUT2D eigenvalue weighted by molar-refractivity contribution is 7.92. The minimum absolute atomic E-state index is 0.0935. The molecular weight excluding hydrogens is 276 g/mol. The summed E-state index contributed by atoms with van der Waals surface area (Å²) in [6.07, 6.45) is 1.43. The van der Waals surface area contributed by atoms with Gasteiger partial charge in [0.2, 0.25) is 0 Å². The van der Waals surface area contributed by atoms with E-state index in [4.69, 9.17) is 5.73 Å². The smallest absolute Gasteiger partial charge is 0.279 e. The number of sulfonamides is 1. The van der Waals surface area contributed by atoms with Gasteiger partial charge in [0.15, 0.2) is 5.03 Å². The SMILES string of the molecule is Cn1nccc1S(=O)(=O)Nc1cccc(C#CCN)c1.